The van der Waals surface area contributed by atoms with Gasteiger partial charge in [0.25, 0.3) is 5.91 Å². The molecule has 1 amide bonds. The topological polar surface area (TPSA) is 32.8 Å². The van der Waals surface area contributed by atoms with Crippen LogP contribution in [-0.2, 0) is 4.79 Å². The van der Waals surface area contributed by atoms with Gasteiger partial charge in [-0.25, -0.2) is 0 Å². The van der Waals surface area contributed by atoms with E-state index >= 15 is 0 Å². The van der Waals surface area contributed by atoms with Gasteiger partial charge in [-0.05, 0) is 61.6 Å². The van der Waals surface area contributed by atoms with Crippen LogP contribution in [0, 0.1) is 20.8 Å². The summed E-state index contributed by atoms with van der Waals surface area (Å²) in [6.07, 6.45) is -0.504. The highest BCUT2D eigenvalue weighted by Crippen LogP contribution is 2.30. The molecule has 0 aromatic heterocycles. The molecule has 0 N–H and O–H groups in total. The SMILES string of the molecule is Cc1cc(C)c(C)c(O[C@@H](C)C(=O)N2CCN(C(c3ccccc3)c3ccccc3)CC2)c1. The van der Waals surface area contributed by atoms with E-state index in [0.717, 1.165) is 30.0 Å². The molecular weight excluding hydrogens is 408 g/mol. The second kappa shape index (κ2) is 10.2. The molecule has 1 aliphatic rings. The predicted molar refractivity (Wildman–Crippen MR) is 134 cm³/mol. The molecule has 1 heterocycles. The van der Waals surface area contributed by atoms with Crippen molar-refractivity contribution in [1.29, 1.82) is 0 Å². The zero-order chi connectivity index (χ0) is 23.4. The van der Waals surface area contributed by atoms with Gasteiger partial charge < -0.3 is 9.64 Å². The smallest absolute Gasteiger partial charge is 0.263 e. The summed E-state index contributed by atoms with van der Waals surface area (Å²) in [5.74, 6) is 0.865. The minimum Gasteiger partial charge on any atom is -0.481 e. The van der Waals surface area contributed by atoms with E-state index in [1.165, 1.54) is 16.7 Å². The van der Waals surface area contributed by atoms with Crippen LogP contribution >= 0.6 is 0 Å². The average Bonchev–Trinajstić information content (AvgIpc) is 2.84. The summed E-state index contributed by atoms with van der Waals surface area (Å²) in [7, 11) is 0. The van der Waals surface area contributed by atoms with E-state index in [9.17, 15) is 4.79 Å². The Balaban J connectivity index is 1.43. The molecular formula is C29H34N2O2. The molecule has 1 saturated heterocycles. The van der Waals surface area contributed by atoms with Crippen molar-refractivity contribution in [3.63, 3.8) is 0 Å². The zero-order valence-electron chi connectivity index (χ0n) is 20.1. The third-order valence-electron chi connectivity index (χ3n) is 6.64. The number of ether oxygens (including phenoxy) is 1. The summed E-state index contributed by atoms with van der Waals surface area (Å²) in [6.45, 7) is 11.1. The Morgan fingerprint density at radius 1 is 0.818 bits per heavy atom. The molecule has 4 nitrogen and oxygen atoms in total. The highest BCUT2D eigenvalue weighted by molar-refractivity contribution is 5.81. The number of rotatable bonds is 6. The molecule has 0 unspecified atom stereocenters. The van der Waals surface area contributed by atoms with Crippen molar-refractivity contribution in [1.82, 2.24) is 9.80 Å². The van der Waals surface area contributed by atoms with E-state index in [-0.39, 0.29) is 11.9 Å². The maximum Gasteiger partial charge on any atom is 0.263 e. The monoisotopic (exact) mass is 442 g/mol. The lowest BCUT2D eigenvalue weighted by Crippen LogP contribution is -2.52. The molecule has 0 spiro atoms. The highest BCUT2D eigenvalue weighted by Gasteiger charge is 2.30. The Morgan fingerprint density at radius 3 is 1.91 bits per heavy atom. The molecule has 0 aliphatic carbocycles. The first kappa shape index (κ1) is 23.1. The van der Waals surface area contributed by atoms with Crippen LogP contribution in [-0.4, -0.2) is 48.0 Å². The second-order valence-electron chi connectivity index (χ2n) is 9.05. The first-order chi connectivity index (χ1) is 15.9. The van der Waals surface area contributed by atoms with Crippen molar-refractivity contribution in [2.45, 2.75) is 39.8 Å². The minimum atomic E-state index is -0.504. The first-order valence-corrected chi connectivity index (χ1v) is 11.8. The highest BCUT2D eigenvalue weighted by atomic mass is 16.5. The van der Waals surface area contributed by atoms with Gasteiger partial charge in [-0.2, -0.15) is 0 Å². The first-order valence-electron chi connectivity index (χ1n) is 11.8. The molecule has 0 bridgehead atoms. The van der Waals surface area contributed by atoms with Crippen molar-refractivity contribution >= 4 is 5.91 Å². The van der Waals surface area contributed by atoms with Crippen LogP contribution in [0.25, 0.3) is 0 Å². The van der Waals surface area contributed by atoms with E-state index in [0.29, 0.717) is 13.1 Å². The van der Waals surface area contributed by atoms with Gasteiger partial charge in [0, 0.05) is 26.2 Å². The second-order valence-corrected chi connectivity index (χ2v) is 9.05. The Hall–Kier alpha value is -3.11. The quantitative estimate of drug-likeness (QED) is 0.518. The van der Waals surface area contributed by atoms with E-state index in [4.69, 9.17) is 4.74 Å². The predicted octanol–water partition coefficient (Wildman–Crippen LogP) is 5.31. The molecule has 3 aromatic carbocycles. The van der Waals surface area contributed by atoms with Crippen molar-refractivity contribution in [2.75, 3.05) is 26.2 Å². The third kappa shape index (κ3) is 5.28. The molecule has 1 atom stereocenters. The van der Waals surface area contributed by atoms with E-state index in [1.54, 1.807) is 0 Å². The van der Waals surface area contributed by atoms with Gasteiger partial charge in [-0.1, -0.05) is 66.7 Å². The lowest BCUT2D eigenvalue weighted by Gasteiger charge is -2.40. The van der Waals surface area contributed by atoms with E-state index in [1.807, 2.05) is 24.8 Å². The molecule has 172 valence electrons. The fourth-order valence-corrected chi connectivity index (χ4v) is 4.71. The molecule has 33 heavy (non-hydrogen) atoms. The Labute approximate surface area is 197 Å². The summed E-state index contributed by atoms with van der Waals surface area (Å²) < 4.78 is 6.13. The Morgan fingerprint density at radius 2 is 1.36 bits per heavy atom. The van der Waals surface area contributed by atoms with Crippen molar-refractivity contribution in [3.8, 4) is 5.75 Å². The van der Waals surface area contributed by atoms with Crippen LogP contribution in [0.15, 0.2) is 72.8 Å². The Kier molecular flexibility index (Phi) is 7.14. The molecule has 0 saturated carbocycles. The summed E-state index contributed by atoms with van der Waals surface area (Å²) in [5, 5.41) is 0. The molecule has 4 rings (SSSR count). The van der Waals surface area contributed by atoms with E-state index < -0.39 is 6.10 Å². The van der Waals surface area contributed by atoms with Crippen LogP contribution in [0.2, 0.25) is 0 Å². The van der Waals surface area contributed by atoms with Crippen LogP contribution in [0.3, 0.4) is 0 Å². The number of aryl methyl sites for hydroxylation is 2. The van der Waals surface area contributed by atoms with Gasteiger partial charge in [0.2, 0.25) is 0 Å². The largest absolute Gasteiger partial charge is 0.481 e. The molecule has 3 aromatic rings. The number of hydrogen-bond donors (Lipinski definition) is 0. The van der Waals surface area contributed by atoms with Crippen LogP contribution in [0.4, 0.5) is 0 Å². The minimum absolute atomic E-state index is 0.0594. The molecule has 1 fully saturated rings. The lowest BCUT2D eigenvalue weighted by molar-refractivity contribution is -0.140. The normalized spacial score (nSPS) is 15.5. The molecule has 4 heteroatoms. The number of benzene rings is 3. The summed E-state index contributed by atoms with van der Waals surface area (Å²) in [6, 6.07) is 25.6. The van der Waals surface area contributed by atoms with Gasteiger partial charge in [-0.15, -0.1) is 0 Å². The fraction of sp³-hybridized carbons (Fsp3) is 0.345. The number of nitrogens with zero attached hydrogens (tertiary/aromatic N) is 2. The number of hydrogen-bond acceptors (Lipinski definition) is 3. The van der Waals surface area contributed by atoms with Gasteiger partial charge >= 0.3 is 0 Å². The number of carbonyl (C=O) groups is 1. The lowest BCUT2D eigenvalue weighted by atomic mass is 9.96. The summed E-state index contributed by atoms with van der Waals surface area (Å²) in [4.78, 5) is 17.6. The summed E-state index contributed by atoms with van der Waals surface area (Å²) in [5.41, 5.74) is 6.00. The van der Waals surface area contributed by atoms with Crippen LogP contribution < -0.4 is 4.74 Å². The number of piperazine rings is 1. The van der Waals surface area contributed by atoms with Crippen molar-refractivity contribution in [3.05, 3.63) is 101 Å². The van der Waals surface area contributed by atoms with Crippen molar-refractivity contribution < 1.29 is 9.53 Å². The molecule has 0 radical (unpaired) electrons. The van der Waals surface area contributed by atoms with Gasteiger partial charge in [-0.3, -0.25) is 9.69 Å². The maximum atomic E-state index is 13.2. The van der Waals surface area contributed by atoms with Gasteiger partial charge in [0.1, 0.15) is 5.75 Å². The zero-order valence-corrected chi connectivity index (χ0v) is 20.1. The Bertz CT molecular complexity index is 1030. The average molecular weight is 443 g/mol. The number of amides is 1. The maximum absolute atomic E-state index is 13.2. The van der Waals surface area contributed by atoms with Crippen molar-refractivity contribution in [2.24, 2.45) is 0 Å². The number of carbonyl (C=O) groups excluding carboxylic acids is 1. The van der Waals surface area contributed by atoms with E-state index in [2.05, 4.69) is 85.5 Å². The van der Waals surface area contributed by atoms with Crippen LogP contribution in [0.1, 0.15) is 40.8 Å². The third-order valence-corrected chi connectivity index (χ3v) is 6.64. The molecule has 1 aliphatic heterocycles. The van der Waals surface area contributed by atoms with Gasteiger partial charge in [0.15, 0.2) is 6.10 Å². The van der Waals surface area contributed by atoms with Gasteiger partial charge in [0.05, 0.1) is 6.04 Å². The fourth-order valence-electron chi connectivity index (χ4n) is 4.71. The summed E-state index contributed by atoms with van der Waals surface area (Å²) >= 11 is 0. The standard InChI is InChI=1S/C29H34N2O2/c1-21-19-22(2)23(3)27(20-21)33-24(4)29(32)31-17-15-30(16-18-31)28(25-11-7-5-8-12-25)26-13-9-6-10-14-26/h5-14,19-20,24,28H,15-18H2,1-4H3/t24-/m0/s1. The van der Waals surface area contributed by atoms with Crippen LogP contribution in [0.5, 0.6) is 5.75 Å².